The Balaban J connectivity index is 1.48. The topological polar surface area (TPSA) is 94.7 Å². The molecule has 4 N–H and O–H groups in total. The van der Waals surface area contributed by atoms with Crippen LogP contribution in [0.3, 0.4) is 0 Å². The number of aromatic nitrogens is 2. The minimum absolute atomic E-state index is 0.178. The molecule has 4 rings (SSSR count). The highest BCUT2D eigenvalue weighted by Crippen LogP contribution is 2.13. The van der Waals surface area contributed by atoms with Crippen LogP contribution in [0.15, 0.2) is 29.1 Å². The van der Waals surface area contributed by atoms with E-state index >= 15 is 0 Å². The highest BCUT2D eigenvalue weighted by Gasteiger charge is 2.24. The highest BCUT2D eigenvalue weighted by atomic mass is 16.5. The second-order valence-electron chi connectivity index (χ2n) is 8.43. The van der Waals surface area contributed by atoms with Crippen LogP contribution in [0.1, 0.15) is 0 Å². The van der Waals surface area contributed by atoms with Crippen LogP contribution in [0.5, 0.6) is 0 Å². The zero-order chi connectivity index (χ0) is 20.9. The summed E-state index contributed by atoms with van der Waals surface area (Å²) in [5.41, 5.74) is 1.41. The molecule has 2 saturated heterocycles. The van der Waals surface area contributed by atoms with Gasteiger partial charge in [0, 0.05) is 0 Å². The number of ether oxygens (including phenoxy) is 2. The van der Waals surface area contributed by atoms with Crippen molar-refractivity contribution in [3.8, 4) is 0 Å². The molecule has 166 valence electrons. The molecule has 0 unspecified atom stereocenters. The molecule has 0 aliphatic carbocycles. The molecule has 0 radical (unpaired) electrons. The van der Waals surface area contributed by atoms with Crippen LogP contribution in [0.4, 0.5) is 0 Å². The molecular weight excluding hydrogens is 388 g/mol. The molecule has 30 heavy (non-hydrogen) atoms. The summed E-state index contributed by atoms with van der Waals surface area (Å²) in [6.45, 7) is 8.06. The molecule has 0 spiro atoms. The summed E-state index contributed by atoms with van der Waals surface area (Å²) in [6, 6.07) is 7.61. The number of aliphatic hydroxyl groups excluding tert-OH is 2. The van der Waals surface area contributed by atoms with E-state index in [1.165, 1.54) is 9.80 Å². The van der Waals surface area contributed by atoms with Crippen molar-refractivity contribution in [3.05, 3.63) is 34.7 Å². The molecule has 2 aliphatic rings. The van der Waals surface area contributed by atoms with Crippen molar-refractivity contribution in [1.29, 1.82) is 0 Å². The minimum atomic E-state index is -0.613. The Morgan fingerprint density at radius 3 is 1.60 bits per heavy atom. The molecule has 0 bridgehead atoms. The largest absolute Gasteiger partial charge is 0.385 e. The highest BCUT2D eigenvalue weighted by molar-refractivity contribution is 5.76. The van der Waals surface area contributed by atoms with E-state index in [-0.39, 0.29) is 18.8 Å². The Morgan fingerprint density at radius 2 is 1.20 bits per heavy atom. The molecule has 3 heterocycles. The third-order valence-electron chi connectivity index (χ3n) is 6.16. The van der Waals surface area contributed by atoms with Crippen molar-refractivity contribution in [2.24, 2.45) is 0 Å². The Kier molecular flexibility index (Phi) is 7.19. The summed E-state index contributed by atoms with van der Waals surface area (Å²) in [6.07, 6.45) is -1.23. The van der Waals surface area contributed by atoms with Gasteiger partial charge in [0.05, 0.1) is 50.6 Å². The number of quaternary nitrogens is 2. The van der Waals surface area contributed by atoms with E-state index in [4.69, 9.17) is 9.47 Å². The van der Waals surface area contributed by atoms with E-state index in [1.54, 1.807) is 9.13 Å². The van der Waals surface area contributed by atoms with Crippen molar-refractivity contribution in [2.45, 2.75) is 25.3 Å². The number of rotatable bonds is 8. The van der Waals surface area contributed by atoms with Crippen LogP contribution in [0.25, 0.3) is 11.0 Å². The Morgan fingerprint density at radius 1 is 0.800 bits per heavy atom. The molecule has 0 amide bonds. The average molecular weight is 423 g/mol. The first kappa shape index (κ1) is 21.5. The Bertz CT molecular complexity index is 802. The van der Waals surface area contributed by atoms with E-state index in [0.29, 0.717) is 39.5 Å². The average Bonchev–Trinajstić information content (AvgIpc) is 3.01. The van der Waals surface area contributed by atoms with Gasteiger partial charge in [-0.1, -0.05) is 12.1 Å². The minimum Gasteiger partial charge on any atom is -0.385 e. The summed E-state index contributed by atoms with van der Waals surface area (Å²) in [5, 5.41) is 21.3. The predicted molar refractivity (Wildman–Crippen MR) is 111 cm³/mol. The van der Waals surface area contributed by atoms with Crippen molar-refractivity contribution < 1.29 is 29.5 Å². The molecule has 2 aromatic rings. The second-order valence-corrected chi connectivity index (χ2v) is 8.43. The molecule has 9 nitrogen and oxygen atoms in total. The number of morpholine rings is 2. The molecule has 0 saturated carbocycles. The maximum atomic E-state index is 13.2. The van der Waals surface area contributed by atoms with Gasteiger partial charge in [0.15, 0.2) is 0 Å². The predicted octanol–water partition coefficient (Wildman–Crippen LogP) is -3.64. The van der Waals surface area contributed by atoms with E-state index in [9.17, 15) is 15.0 Å². The molecule has 2 fully saturated rings. The third-order valence-corrected chi connectivity index (χ3v) is 6.16. The zero-order valence-corrected chi connectivity index (χ0v) is 17.5. The summed E-state index contributed by atoms with van der Waals surface area (Å²) in [5.74, 6) is 0. The van der Waals surface area contributed by atoms with Crippen molar-refractivity contribution in [1.82, 2.24) is 9.13 Å². The van der Waals surface area contributed by atoms with Gasteiger partial charge in [-0.25, -0.2) is 4.79 Å². The summed E-state index contributed by atoms with van der Waals surface area (Å²) in [7, 11) is 0. The fourth-order valence-electron chi connectivity index (χ4n) is 4.57. The number of hydrogen-bond donors (Lipinski definition) is 4. The van der Waals surface area contributed by atoms with Gasteiger partial charge in [-0.2, -0.15) is 0 Å². The second kappa shape index (κ2) is 10.0. The Labute approximate surface area is 176 Å². The lowest BCUT2D eigenvalue weighted by atomic mass is 10.2. The van der Waals surface area contributed by atoms with Gasteiger partial charge >= 0.3 is 5.69 Å². The summed E-state index contributed by atoms with van der Waals surface area (Å²) >= 11 is 0. The number of nitrogens with one attached hydrogen (secondary N) is 2. The summed E-state index contributed by atoms with van der Waals surface area (Å²) < 4.78 is 14.0. The van der Waals surface area contributed by atoms with Crippen LogP contribution >= 0.6 is 0 Å². The number of aliphatic hydroxyl groups is 2. The number of benzene rings is 1. The van der Waals surface area contributed by atoms with Crippen molar-refractivity contribution in [2.75, 3.05) is 65.7 Å². The van der Waals surface area contributed by atoms with Crippen LogP contribution in [-0.2, 0) is 22.6 Å². The van der Waals surface area contributed by atoms with Crippen LogP contribution in [-0.4, -0.2) is 97.3 Å². The van der Waals surface area contributed by atoms with Gasteiger partial charge in [-0.3, -0.25) is 9.13 Å². The van der Waals surface area contributed by atoms with Crippen molar-refractivity contribution >= 4 is 11.0 Å². The van der Waals surface area contributed by atoms with Crippen LogP contribution in [0, 0.1) is 0 Å². The van der Waals surface area contributed by atoms with Gasteiger partial charge in [0.25, 0.3) is 0 Å². The SMILES string of the molecule is O=c1n(C[C@@H](O)C[NH+]2CCOCC2)c2ccccc2n1C[C@H](O)C[NH+]1CCOCC1. The van der Waals surface area contributed by atoms with E-state index in [0.717, 1.165) is 37.2 Å². The maximum absolute atomic E-state index is 13.2. The molecule has 1 aromatic heterocycles. The van der Waals surface area contributed by atoms with Crippen LogP contribution < -0.4 is 15.5 Å². The van der Waals surface area contributed by atoms with Gasteiger partial charge in [0.2, 0.25) is 0 Å². The first-order valence-corrected chi connectivity index (χ1v) is 11.0. The fraction of sp³-hybridized carbons (Fsp3) is 0.667. The Hall–Kier alpha value is -1.75. The smallest absolute Gasteiger partial charge is 0.329 e. The lowest BCUT2D eigenvalue weighted by Crippen LogP contribution is -3.15. The van der Waals surface area contributed by atoms with Crippen molar-refractivity contribution in [3.63, 3.8) is 0 Å². The number of para-hydroxylation sites is 2. The molecule has 2 aliphatic heterocycles. The number of hydrogen-bond acceptors (Lipinski definition) is 5. The van der Waals surface area contributed by atoms with Gasteiger partial charge < -0.3 is 29.5 Å². The van der Waals surface area contributed by atoms with Gasteiger partial charge in [-0.15, -0.1) is 0 Å². The fourth-order valence-corrected chi connectivity index (χ4v) is 4.57. The molecule has 1 aromatic carbocycles. The number of fused-ring (bicyclic) bond motifs is 1. The van der Waals surface area contributed by atoms with Gasteiger partial charge in [0.1, 0.15) is 51.5 Å². The molecule has 2 atom stereocenters. The van der Waals surface area contributed by atoms with Gasteiger partial charge in [-0.05, 0) is 12.1 Å². The lowest BCUT2D eigenvalue weighted by Gasteiger charge is -2.26. The lowest BCUT2D eigenvalue weighted by molar-refractivity contribution is -0.911. The first-order valence-electron chi connectivity index (χ1n) is 11.0. The van der Waals surface area contributed by atoms with E-state index in [1.807, 2.05) is 24.3 Å². The third kappa shape index (κ3) is 5.11. The zero-order valence-electron chi connectivity index (χ0n) is 17.5. The standard InChI is InChI=1S/C21H32N4O5/c26-17(13-22-5-9-29-10-6-22)15-24-19-3-1-2-4-20(19)25(21(24)28)16-18(27)14-23-7-11-30-12-8-23/h1-4,17-18,26-27H,5-16H2/p+2/t17-,18+. The monoisotopic (exact) mass is 422 g/mol. The quantitative estimate of drug-likeness (QED) is 0.352. The summed E-state index contributed by atoms with van der Waals surface area (Å²) in [4.78, 5) is 15.8. The van der Waals surface area contributed by atoms with E-state index in [2.05, 4.69) is 0 Å². The van der Waals surface area contributed by atoms with Crippen LogP contribution in [0.2, 0.25) is 0 Å². The first-order chi connectivity index (χ1) is 14.6. The maximum Gasteiger partial charge on any atom is 0.329 e. The number of imidazole rings is 1. The number of nitrogens with zero attached hydrogens (tertiary/aromatic N) is 2. The molecular formula is C21H34N4O5+2. The molecule has 9 heteroatoms. The van der Waals surface area contributed by atoms with E-state index < -0.39 is 12.2 Å². The normalized spacial score (nSPS) is 21.1.